The Balaban J connectivity index is 1.40. The SMILES string of the molecule is COc1cc2c(cc1OCc1ccccc1)CC[NH2+][C@@H]2Cc1ccc(OCc2ccccc2)c(OC)c1[N+](=O)[O-]. The average Bonchev–Trinajstić information content (AvgIpc) is 2.99. The largest absolute Gasteiger partial charge is 0.493 e. The third kappa shape index (κ3) is 6.02. The zero-order chi connectivity index (χ0) is 27.9. The lowest BCUT2D eigenvalue weighted by atomic mass is 9.89. The van der Waals surface area contributed by atoms with Crippen LogP contribution in [0.5, 0.6) is 23.0 Å². The van der Waals surface area contributed by atoms with E-state index in [4.69, 9.17) is 18.9 Å². The smallest absolute Gasteiger partial charge is 0.318 e. The van der Waals surface area contributed by atoms with Gasteiger partial charge in [-0.2, -0.15) is 0 Å². The molecule has 40 heavy (non-hydrogen) atoms. The lowest BCUT2D eigenvalue weighted by molar-refractivity contribution is -0.698. The van der Waals surface area contributed by atoms with Crippen LogP contribution in [0, 0.1) is 10.1 Å². The Kier molecular flexibility index (Phi) is 8.47. The topological polar surface area (TPSA) is 96.7 Å². The Morgan fingerprint density at radius 2 is 1.48 bits per heavy atom. The molecule has 206 valence electrons. The number of methoxy groups -OCH3 is 2. The Morgan fingerprint density at radius 3 is 2.08 bits per heavy atom. The monoisotopic (exact) mass is 541 g/mol. The molecule has 0 unspecified atom stereocenters. The molecule has 0 aliphatic carbocycles. The Morgan fingerprint density at radius 1 is 0.825 bits per heavy atom. The summed E-state index contributed by atoms with van der Waals surface area (Å²) in [5.41, 5.74) is 4.81. The molecule has 0 radical (unpaired) electrons. The van der Waals surface area contributed by atoms with Gasteiger partial charge in [-0.3, -0.25) is 10.1 Å². The van der Waals surface area contributed by atoms with Gasteiger partial charge in [0, 0.05) is 24.0 Å². The van der Waals surface area contributed by atoms with Crippen LogP contribution >= 0.6 is 0 Å². The molecule has 1 heterocycles. The summed E-state index contributed by atoms with van der Waals surface area (Å²) < 4.78 is 23.3. The number of hydrogen-bond donors (Lipinski definition) is 1. The van der Waals surface area contributed by atoms with Crippen molar-refractivity contribution >= 4 is 5.69 Å². The first-order valence-electron chi connectivity index (χ1n) is 13.3. The molecular formula is C32H33N2O6+. The van der Waals surface area contributed by atoms with E-state index in [0.717, 1.165) is 35.2 Å². The van der Waals surface area contributed by atoms with Crippen LogP contribution in [0.15, 0.2) is 84.9 Å². The second kappa shape index (κ2) is 12.5. The van der Waals surface area contributed by atoms with Gasteiger partial charge in [0.2, 0.25) is 5.75 Å². The van der Waals surface area contributed by atoms with Crippen LogP contribution < -0.4 is 24.3 Å². The van der Waals surface area contributed by atoms with Crippen molar-refractivity contribution in [2.24, 2.45) is 0 Å². The molecule has 0 fully saturated rings. The van der Waals surface area contributed by atoms with E-state index in [9.17, 15) is 10.1 Å². The van der Waals surface area contributed by atoms with E-state index < -0.39 is 0 Å². The highest BCUT2D eigenvalue weighted by Gasteiger charge is 2.32. The molecule has 0 saturated heterocycles. The first-order chi connectivity index (χ1) is 19.6. The molecule has 4 aromatic carbocycles. The highest BCUT2D eigenvalue weighted by molar-refractivity contribution is 5.61. The van der Waals surface area contributed by atoms with Crippen LogP contribution in [0.25, 0.3) is 0 Å². The number of nitrogens with two attached hydrogens (primary N) is 1. The highest BCUT2D eigenvalue weighted by Crippen LogP contribution is 2.42. The van der Waals surface area contributed by atoms with Gasteiger partial charge in [-0.05, 0) is 41.0 Å². The number of rotatable bonds is 11. The van der Waals surface area contributed by atoms with Crippen LogP contribution in [0.1, 0.15) is 33.9 Å². The zero-order valence-electron chi connectivity index (χ0n) is 22.7. The van der Waals surface area contributed by atoms with E-state index in [1.807, 2.05) is 72.8 Å². The number of nitro benzene ring substituents is 1. The molecule has 5 rings (SSSR count). The maximum atomic E-state index is 12.3. The van der Waals surface area contributed by atoms with Crippen molar-refractivity contribution in [1.82, 2.24) is 0 Å². The van der Waals surface area contributed by atoms with Gasteiger partial charge < -0.3 is 24.3 Å². The van der Waals surface area contributed by atoms with Crippen molar-refractivity contribution < 1.29 is 29.2 Å². The summed E-state index contributed by atoms with van der Waals surface area (Å²) in [7, 11) is 3.06. The van der Waals surface area contributed by atoms with Crippen molar-refractivity contribution in [3.05, 3.63) is 123 Å². The summed E-state index contributed by atoms with van der Waals surface area (Å²) in [5, 5.41) is 14.5. The Hall–Kier alpha value is -4.56. The van der Waals surface area contributed by atoms with Crippen molar-refractivity contribution in [2.75, 3.05) is 20.8 Å². The number of nitro groups is 1. The minimum Gasteiger partial charge on any atom is -0.493 e. The molecule has 4 aromatic rings. The van der Waals surface area contributed by atoms with Crippen molar-refractivity contribution in [2.45, 2.75) is 32.1 Å². The number of nitrogens with zero attached hydrogens (tertiary/aromatic N) is 1. The molecule has 0 spiro atoms. The lowest BCUT2D eigenvalue weighted by Gasteiger charge is -2.26. The molecule has 1 aliphatic rings. The van der Waals surface area contributed by atoms with Gasteiger partial charge in [-0.15, -0.1) is 0 Å². The fourth-order valence-electron chi connectivity index (χ4n) is 5.19. The summed E-state index contributed by atoms with van der Waals surface area (Å²) >= 11 is 0. The molecule has 0 bridgehead atoms. The van der Waals surface area contributed by atoms with Gasteiger partial charge in [-0.25, -0.2) is 0 Å². The van der Waals surface area contributed by atoms with E-state index in [1.54, 1.807) is 19.2 Å². The number of quaternary nitrogens is 1. The maximum Gasteiger partial charge on any atom is 0.318 e. The van der Waals surface area contributed by atoms with E-state index >= 15 is 0 Å². The molecule has 8 heteroatoms. The first kappa shape index (κ1) is 27.0. The predicted molar refractivity (Wildman–Crippen MR) is 151 cm³/mol. The molecule has 1 atom stereocenters. The predicted octanol–water partition coefficient (Wildman–Crippen LogP) is 5.17. The quantitative estimate of drug-likeness (QED) is 0.208. The average molecular weight is 542 g/mol. The van der Waals surface area contributed by atoms with E-state index in [0.29, 0.717) is 35.8 Å². The fraction of sp³-hybridized carbons (Fsp3) is 0.250. The number of fused-ring (bicyclic) bond motifs is 1. The Bertz CT molecular complexity index is 1460. The zero-order valence-corrected chi connectivity index (χ0v) is 22.7. The van der Waals surface area contributed by atoms with Crippen molar-refractivity contribution in [1.29, 1.82) is 0 Å². The minimum atomic E-state index is -0.381. The summed E-state index contributed by atoms with van der Waals surface area (Å²) in [5.74, 6) is 1.82. The van der Waals surface area contributed by atoms with Crippen LogP contribution in [0.2, 0.25) is 0 Å². The molecule has 8 nitrogen and oxygen atoms in total. The van der Waals surface area contributed by atoms with Crippen LogP contribution in [0.4, 0.5) is 5.69 Å². The summed E-state index contributed by atoms with van der Waals surface area (Å²) in [6.45, 7) is 1.59. The van der Waals surface area contributed by atoms with Gasteiger partial charge in [0.1, 0.15) is 19.3 Å². The number of ether oxygens (including phenoxy) is 4. The second-order valence-corrected chi connectivity index (χ2v) is 9.70. The minimum absolute atomic E-state index is 0.0275. The van der Waals surface area contributed by atoms with Gasteiger partial charge in [0.15, 0.2) is 17.2 Å². The number of hydrogen-bond acceptors (Lipinski definition) is 6. The maximum absolute atomic E-state index is 12.3. The van der Waals surface area contributed by atoms with Gasteiger partial charge in [0.05, 0.1) is 25.7 Å². The van der Waals surface area contributed by atoms with E-state index in [2.05, 4.69) is 5.32 Å². The summed E-state index contributed by atoms with van der Waals surface area (Å²) in [6.07, 6.45) is 1.32. The first-order valence-corrected chi connectivity index (χ1v) is 13.3. The lowest BCUT2D eigenvalue weighted by Crippen LogP contribution is -2.87. The summed E-state index contributed by atoms with van der Waals surface area (Å²) in [6, 6.07) is 27.2. The van der Waals surface area contributed by atoms with Crippen LogP contribution in [-0.4, -0.2) is 25.7 Å². The van der Waals surface area contributed by atoms with Gasteiger partial charge in [0.25, 0.3) is 0 Å². The Labute approximate surface area is 233 Å². The van der Waals surface area contributed by atoms with Crippen LogP contribution in [0.3, 0.4) is 0 Å². The molecule has 0 aromatic heterocycles. The molecule has 1 aliphatic heterocycles. The second-order valence-electron chi connectivity index (χ2n) is 9.70. The normalized spacial score (nSPS) is 14.2. The summed E-state index contributed by atoms with van der Waals surface area (Å²) in [4.78, 5) is 11.9. The standard InChI is InChI=1S/C32H32N2O6/c1-37-29-19-26-24(18-30(29)40-21-23-11-7-4-8-12-23)15-16-33-27(26)17-25-13-14-28(32(38-2)31(25)34(35)36)39-20-22-9-5-3-6-10-22/h3-14,18-19,27,33H,15-17,20-21H2,1-2H3/p+1/t27-/m1/s1. The van der Waals surface area contributed by atoms with Crippen molar-refractivity contribution in [3.63, 3.8) is 0 Å². The fourth-order valence-corrected chi connectivity index (χ4v) is 5.19. The van der Waals surface area contributed by atoms with E-state index in [-0.39, 0.29) is 29.0 Å². The molecular weight excluding hydrogens is 508 g/mol. The van der Waals surface area contributed by atoms with E-state index in [1.165, 1.54) is 7.11 Å². The third-order valence-corrected chi connectivity index (χ3v) is 7.17. The molecule has 0 saturated carbocycles. The van der Waals surface area contributed by atoms with Crippen LogP contribution in [-0.2, 0) is 26.1 Å². The molecule has 0 amide bonds. The highest BCUT2D eigenvalue weighted by atomic mass is 16.6. The third-order valence-electron chi connectivity index (χ3n) is 7.17. The number of benzene rings is 4. The van der Waals surface area contributed by atoms with Gasteiger partial charge >= 0.3 is 5.69 Å². The van der Waals surface area contributed by atoms with Gasteiger partial charge in [-0.1, -0.05) is 60.7 Å². The van der Waals surface area contributed by atoms with Crippen molar-refractivity contribution in [3.8, 4) is 23.0 Å². The molecule has 2 N–H and O–H groups in total.